The van der Waals surface area contributed by atoms with E-state index in [1.807, 2.05) is 29.2 Å². The van der Waals surface area contributed by atoms with Crippen LogP contribution in [0.15, 0.2) is 53.8 Å². The number of thiophene rings is 1. The zero-order chi connectivity index (χ0) is 35.5. The van der Waals surface area contributed by atoms with Gasteiger partial charge in [0.1, 0.15) is 30.3 Å². The van der Waals surface area contributed by atoms with Crippen molar-refractivity contribution < 1.29 is 18.1 Å². The van der Waals surface area contributed by atoms with E-state index < -0.39 is 7.82 Å². The average molecular weight is 713 g/mol. The number of nitriles is 1. The quantitative estimate of drug-likeness (QED) is 0.0873. The van der Waals surface area contributed by atoms with Crippen molar-refractivity contribution in [3.8, 4) is 17.2 Å². The molecule has 0 saturated heterocycles. The molecule has 4 heterocycles. The largest absolute Gasteiger partial charge is 0.475 e. The molecule has 1 atom stereocenters. The highest BCUT2D eigenvalue weighted by Gasteiger charge is 2.38. The molecule has 0 saturated carbocycles. The molecule has 1 aliphatic carbocycles. The molecule has 258 valence electrons. The third-order valence-corrected chi connectivity index (χ3v) is 11.4. The van der Waals surface area contributed by atoms with Gasteiger partial charge in [0.05, 0.1) is 30.6 Å². The van der Waals surface area contributed by atoms with Crippen molar-refractivity contribution in [3.05, 3.63) is 97.3 Å². The Morgan fingerprint density at radius 1 is 1.20 bits per heavy atom. The molecule has 2 N–H and O–H groups in total. The highest BCUT2D eigenvalue weighted by molar-refractivity contribution is 7.48. The summed E-state index contributed by atoms with van der Waals surface area (Å²) in [5.41, 5.74) is 5.45. The van der Waals surface area contributed by atoms with E-state index in [0.717, 1.165) is 24.1 Å². The zero-order valence-corrected chi connectivity index (χ0v) is 29.8. The molecule has 1 aromatic carbocycles. The van der Waals surface area contributed by atoms with Gasteiger partial charge in [-0.15, -0.1) is 11.3 Å². The molecule has 2 aliphatic rings. The van der Waals surface area contributed by atoms with Crippen molar-refractivity contribution in [2.24, 2.45) is 12.5 Å². The molecule has 1 unspecified atom stereocenters. The lowest BCUT2D eigenvalue weighted by Gasteiger charge is -2.33. The van der Waals surface area contributed by atoms with Crippen LogP contribution in [0.1, 0.15) is 46.7 Å². The van der Waals surface area contributed by atoms with Crippen LogP contribution in [-0.4, -0.2) is 46.7 Å². The second kappa shape index (κ2) is 14.7. The highest BCUT2D eigenvalue weighted by Crippen LogP contribution is 2.52. The van der Waals surface area contributed by atoms with Gasteiger partial charge in [0.25, 0.3) is 5.56 Å². The van der Waals surface area contributed by atoms with Gasteiger partial charge in [0.15, 0.2) is 0 Å². The Labute approximate surface area is 294 Å². The summed E-state index contributed by atoms with van der Waals surface area (Å²) in [5.74, 6) is 0.831. The van der Waals surface area contributed by atoms with Crippen LogP contribution in [0.3, 0.4) is 0 Å². The van der Waals surface area contributed by atoms with Gasteiger partial charge in [-0.1, -0.05) is 26.0 Å². The second-order valence-electron chi connectivity index (χ2n) is 12.8. The Morgan fingerprint density at radius 3 is 2.78 bits per heavy atom. The number of rotatable bonds is 13. The molecule has 15 heteroatoms. The van der Waals surface area contributed by atoms with Gasteiger partial charge in [-0.2, -0.15) is 5.26 Å². The monoisotopic (exact) mass is 712 g/mol. The fourth-order valence-electron chi connectivity index (χ4n) is 6.39. The molecule has 50 heavy (non-hydrogen) atoms. The van der Waals surface area contributed by atoms with Crippen molar-refractivity contribution in [1.29, 1.82) is 10.7 Å². The van der Waals surface area contributed by atoms with Crippen LogP contribution in [0, 0.1) is 28.7 Å². The van der Waals surface area contributed by atoms with E-state index in [9.17, 15) is 14.8 Å². The molecule has 0 amide bonds. The number of nitrogens with one attached hydrogen (secondary N) is 2. The average Bonchev–Trinajstić information content (AvgIpc) is 3.59. The normalized spacial score (nSPS) is 15.9. The number of amidine groups is 1. The topological polar surface area (TPSA) is 160 Å². The van der Waals surface area contributed by atoms with Crippen LogP contribution in [0.4, 0.5) is 17.2 Å². The van der Waals surface area contributed by atoms with Crippen LogP contribution in [0.5, 0.6) is 0 Å². The standard InChI is InChI=1S/C35H37N8O5PS/c1-35(2)18-26-25-10-14-43(33(37)32(25)50-30(26)19-35)29-8-5-7-24(27(29)21-48-49(45,46-15-6-11-36)47-16-13-38-3)23-17-28(34(44)42(4)20-23)41-31-9-12-39-22-40-31/h5,7-9,12,17,20,22,37H,6,10,13-16,18-19,21H2,1-2,4H3,(H,39,40,41). The van der Waals surface area contributed by atoms with E-state index >= 15 is 0 Å². The predicted octanol–water partition coefficient (Wildman–Crippen LogP) is 6.65. The summed E-state index contributed by atoms with van der Waals surface area (Å²) in [7, 11) is -2.56. The Balaban J connectivity index is 1.42. The van der Waals surface area contributed by atoms with Crippen molar-refractivity contribution >= 4 is 42.2 Å². The fourth-order valence-corrected chi connectivity index (χ4v) is 9.10. The Hall–Kier alpha value is -4.69. The van der Waals surface area contributed by atoms with Gasteiger partial charge >= 0.3 is 7.82 Å². The van der Waals surface area contributed by atoms with E-state index in [-0.39, 0.29) is 49.4 Å². The van der Waals surface area contributed by atoms with Crippen molar-refractivity contribution in [2.75, 3.05) is 36.5 Å². The lowest BCUT2D eigenvalue weighted by Crippen LogP contribution is -2.38. The summed E-state index contributed by atoms with van der Waals surface area (Å²) in [6.45, 7) is 11.5. The molecule has 0 bridgehead atoms. The number of aryl methyl sites for hydroxylation is 1. The van der Waals surface area contributed by atoms with Crippen molar-refractivity contribution in [3.63, 3.8) is 0 Å². The maximum atomic E-state index is 13.8. The molecular weight excluding hydrogens is 675 g/mol. The van der Waals surface area contributed by atoms with Gasteiger partial charge in [-0.3, -0.25) is 23.8 Å². The lowest BCUT2D eigenvalue weighted by molar-refractivity contribution is 0.113. The first-order valence-electron chi connectivity index (χ1n) is 16.1. The molecule has 0 radical (unpaired) electrons. The number of benzene rings is 1. The number of nitrogens with zero attached hydrogens (tertiary/aromatic N) is 6. The molecule has 6 rings (SSSR count). The molecule has 4 aromatic rings. The SMILES string of the molecule is [C-]#[N+]CCOP(=O)(OCCC#N)OCc1c(-c2cc(Nc3ccncn3)c(=O)n(C)c2)cccc1N1CCc2c(sc3c2CC(C)(C)C3)C1=N. The third kappa shape index (κ3) is 7.41. The van der Waals surface area contributed by atoms with Crippen LogP contribution >= 0.6 is 19.2 Å². The molecule has 1 aliphatic heterocycles. The number of phosphoric acid groups is 1. The predicted molar refractivity (Wildman–Crippen MR) is 192 cm³/mol. The smallest absolute Gasteiger partial charge is 0.336 e. The number of hydrogen-bond acceptors (Lipinski definition) is 11. The summed E-state index contributed by atoms with van der Waals surface area (Å²) in [6, 6.07) is 11.0. The lowest BCUT2D eigenvalue weighted by atomic mass is 9.89. The van der Waals surface area contributed by atoms with Crippen LogP contribution in [0.25, 0.3) is 16.0 Å². The summed E-state index contributed by atoms with van der Waals surface area (Å²) in [4.78, 5) is 28.9. The molecule has 0 fully saturated rings. The number of pyridine rings is 1. The number of aromatic nitrogens is 3. The van der Waals surface area contributed by atoms with E-state index in [1.54, 1.807) is 42.9 Å². The van der Waals surface area contributed by atoms with E-state index in [2.05, 4.69) is 34.0 Å². The maximum absolute atomic E-state index is 13.8. The minimum Gasteiger partial charge on any atom is -0.336 e. The first kappa shape index (κ1) is 35.1. The number of fused-ring (bicyclic) bond motifs is 3. The fraction of sp³-hybridized carbons (Fsp3) is 0.371. The van der Waals surface area contributed by atoms with E-state index in [4.69, 9.17) is 25.4 Å². The van der Waals surface area contributed by atoms with Gasteiger partial charge in [0, 0.05) is 47.7 Å². The molecule has 0 spiro atoms. The van der Waals surface area contributed by atoms with Gasteiger partial charge in [0.2, 0.25) is 6.54 Å². The van der Waals surface area contributed by atoms with E-state index in [1.165, 1.54) is 26.9 Å². The highest BCUT2D eigenvalue weighted by atomic mass is 32.1. The molecule has 3 aromatic heterocycles. The zero-order valence-electron chi connectivity index (χ0n) is 28.1. The van der Waals surface area contributed by atoms with Crippen LogP contribution in [0.2, 0.25) is 0 Å². The van der Waals surface area contributed by atoms with Crippen LogP contribution < -0.4 is 15.8 Å². The first-order valence-corrected chi connectivity index (χ1v) is 18.4. The van der Waals surface area contributed by atoms with Gasteiger partial charge in [-0.25, -0.2) is 21.1 Å². The molecular formula is C35H37N8O5PS. The second-order valence-corrected chi connectivity index (χ2v) is 15.6. The number of hydrogen-bond donors (Lipinski definition) is 2. The molecule has 13 nitrogen and oxygen atoms in total. The summed E-state index contributed by atoms with van der Waals surface area (Å²) in [5, 5.41) is 21.5. The van der Waals surface area contributed by atoms with Gasteiger partial charge in [-0.05, 0) is 59.6 Å². The summed E-state index contributed by atoms with van der Waals surface area (Å²) >= 11 is 1.70. The minimum atomic E-state index is -4.22. The maximum Gasteiger partial charge on any atom is 0.475 e. The van der Waals surface area contributed by atoms with Crippen LogP contribution in [-0.2, 0) is 51.1 Å². The number of anilines is 3. The van der Waals surface area contributed by atoms with Crippen molar-refractivity contribution in [1.82, 2.24) is 14.5 Å². The number of phosphoric ester groups is 1. The summed E-state index contributed by atoms with van der Waals surface area (Å²) in [6.07, 6.45) is 7.40. The Morgan fingerprint density at radius 2 is 2.02 bits per heavy atom. The van der Waals surface area contributed by atoms with Gasteiger partial charge < -0.3 is 19.6 Å². The third-order valence-electron chi connectivity index (χ3n) is 8.63. The van der Waals surface area contributed by atoms with E-state index in [0.29, 0.717) is 40.6 Å². The van der Waals surface area contributed by atoms with Crippen molar-refractivity contribution in [2.45, 2.75) is 46.1 Å². The Kier molecular flexibility index (Phi) is 10.3. The minimum absolute atomic E-state index is 0.0310. The Bertz CT molecular complexity index is 2090. The summed E-state index contributed by atoms with van der Waals surface area (Å²) < 4.78 is 32.2. The first-order chi connectivity index (χ1) is 24.0.